The zero-order chi connectivity index (χ0) is 15.4. The molecule has 2 rings (SSSR count). The number of rotatable bonds is 3. The van der Waals surface area contributed by atoms with E-state index in [1.807, 2.05) is 0 Å². The van der Waals surface area contributed by atoms with Crippen molar-refractivity contribution in [3.8, 4) is 0 Å². The first-order chi connectivity index (χ1) is 10.0. The third-order valence-electron chi connectivity index (χ3n) is 3.49. The van der Waals surface area contributed by atoms with Gasteiger partial charge in [-0.2, -0.15) is 0 Å². The molecule has 1 saturated heterocycles. The van der Waals surface area contributed by atoms with E-state index in [0.29, 0.717) is 34.8 Å². The first-order valence-corrected chi connectivity index (χ1v) is 8.11. The van der Waals surface area contributed by atoms with Crippen molar-refractivity contribution < 1.29 is 14.3 Å². The summed E-state index contributed by atoms with van der Waals surface area (Å²) in [6, 6.07) is 5.12. The van der Waals surface area contributed by atoms with Gasteiger partial charge in [0, 0.05) is 22.6 Å². The molecule has 0 aromatic heterocycles. The van der Waals surface area contributed by atoms with Crippen LogP contribution >= 0.6 is 27.5 Å². The van der Waals surface area contributed by atoms with Crippen molar-refractivity contribution in [2.45, 2.75) is 19.8 Å². The van der Waals surface area contributed by atoms with Gasteiger partial charge in [0.2, 0.25) is 0 Å². The first kappa shape index (κ1) is 16.3. The minimum Gasteiger partial charge on any atom is -0.466 e. The molecule has 1 aromatic carbocycles. The average Bonchev–Trinajstić information content (AvgIpc) is 2.49. The van der Waals surface area contributed by atoms with E-state index in [9.17, 15) is 9.59 Å². The van der Waals surface area contributed by atoms with E-state index >= 15 is 0 Å². The summed E-state index contributed by atoms with van der Waals surface area (Å²) in [6.45, 7) is 3.19. The lowest BCUT2D eigenvalue weighted by molar-refractivity contribution is -0.149. The number of esters is 1. The fourth-order valence-corrected chi connectivity index (χ4v) is 3.03. The van der Waals surface area contributed by atoms with Crippen molar-refractivity contribution >= 4 is 39.4 Å². The number of benzene rings is 1. The molecule has 0 radical (unpaired) electrons. The van der Waals surface area contributed by atoms with Gasteiger partial charge in [-0.05, 0) is 53.9 Å². The van der Waals surface area contributed by atoms with Gasteiger partial charge >= 0.3 is 5.97 Å². The van der Waals surface area contributed by atoms with Crippen molar-refractivity contribution in [2.24, 2.45) is 5.92 Å². The van der Waals surface area contributed by atoms with E-state index in [-0.39, 0.29) is 17.8 Å². The SMILES string of the molecule is CCOC(=O)[C@@H]1CCCN(C(=O)c2cc(Cl)ccc2Br)C1. The zero-order valence-electron chi connectivity index (χ0n) is 11.8. The van der Waals surface area contributed by atoms with Crippen LogP contribution in [0.15, 0.2) is 22.7 Å². The molecule has 0 spiro atoms. The van der Waals surface area contributed by atoms with Crippen LogP contribution < -0.4 is 0 Å². The number of carbonyl (C=O) groups excluding carboxylic acids is 2. The molecule has 1 atom stereocenters. The van der Waals surface area contributed by atoms with Gasteiger partial charge in [0.05, 0.1) is 18.1 Å². The number of hydrogen-bond donors (Lipinski definition) is 0. The summed E-state index contributed by atoms with van der Waals surface area (Å²) >= 11 is 9.32. The minimum atomic E-state index is -0.236. The maximum atomic E-state index is 12.6. The number of amides is 1. The van der Waals surface area contributed by atoms with Gasteiger partial charge in [0.15, 0.2) is 0 Å². The van der Waals surface area contributed by atoms with Crippen LogP contribution in [0, 0.1) is 5.92 Å². The molecule has 1 aliphatic heterocycles. The second-order valence-corrected chi connectivity index (χ2v) is 6.26. The van der Waals surface area contributed by atoms with Gasteiger partial charge in [0.25, 0.3) is 5.91 Å². The standard InChI is InChI=1S/C15H17BrClNO3/c1-2-21-15(20)10-4-3-7-18(9-10)14(19)12-8-11(17)5-6-13(12)16/h5-6,8,10H,2-4,7,9H2,1H3/t10-/m1/s1. The van der Waals surface area contributed by atoms with Gasteiger partial charge < -0.3 is 9.64 Å². The smallest absolute Gasteiger partial charge is 0.310 e. The van der Waals surface area contributed by atoms with E-state index in [1.54, 1.807) is 30.0 Å². The largest absolute Gasteiger partial charge is 0.466 e. The molecule has 21 heavy (non-hydrogen) atoms. The van der Waals surface area contributed by atoms with Crippen molar-refractivity contribution in [1.29, 1.82) is 0 Å². The van der Waals surface area contributed by atoms with Crippen molar-refractivity contribution in [1.82, 2.24) is 4.90 Å². The molecular weight excluding hydrogens is 358 g/mol. The second kappa shape index (κ2) is 7.27. The molecule has 0 saturated carbocycles. The van der Waals surface area contributed by atoms with E-state index in [1.165, 1.54) is 0 Å². The summed E-state index contributed by atoms with van der Waals surface area (Å²) in [5, 5.41) is 0.514. The highest BCUT2D eigenvalue weighted by atomic mass is 79.9. The van der Waals surface area contributed by atoms with Crippen LogP contribution in [0.5, 0.6) is 0 Å². The van der Waals surface area contributed by atoms with E-state index < -0.39 is 0 Å². The third-order valence-corrected chi connectivity index (χ3v) is 4.41. The lowest BCUT2D eigenvalue weighted by Crippen LogP contribution is -2.42. The topological polar surface area (TPSA) is 46.6 Å². The van der Waals surface area contributed by atoms with Gasteiger partial charge in [0.1, 0.15) is 0 Å². The van der Waals surface area contributed by atoms with E-state index in [2.05, 4.69) is 15.9 Å². The second-order valence-electron chi connectivity index (χ2n) is 4.97. The quantitative estimate of drug-likeness (QED) is 0.761. The summed E-state index contributed by atoms with van der Waals surface area (Å²) in [5.74, 6) is -0.570. The number of carbonyl (C=O) groups is 2. The Labute approximate surface area is 137 Å². The predicted molar refractivity (Wildman–Crippen MR) is 84.4 cm³/mol. The Hall–Kier alpha value is -1.07. The Kier molecular flexibility index (Phi) is 5.65. The Morgan fingerprint density at radius 2 is 2.24 bits per heavy atom. The number of hydrogen-bond acceptors (Lipinski definition) is 3. The van der Waals surface area contributed by atoms with Crippen molar-refractivity contribution in [2.75, 3.05) is 19.7 Å². The molecule has 1 amide bonds. The Morgan fingerprint density at radius 3 is 2.95 bits per heavy atom. The summed E-state index contributed by atoms with van der Waals surface area (Å²) in [4.78, 5) is 26.1. The first-order valence-electron chi connectivity index (χ1n) is 6.94. The van der Waals surface area contributed by atoms with E-state index in [0.717, 1.165) is 12.8 Å². The molecule has 114 valence electrons. The number of piperidine rings is 1. The monoisotopic (exact) mass is 373 g/mol. The molecule has 1 heterocycles. The molecule has 6 heteroatoms. The van der Waals surface area contributed by atoms with Gasteiger partial charge in [-0.15, -0.1) is 0 Å². The Bertz CT molecular complexity index is 550. The van der Waals surface area contributed by atoms with Gasteiger partial charge in [-0.3, -0.25) is 9.59 Å². The zero-order valence-corrected chi connectivity index (χ0v) is 14.1. The van der Waals surface area contributed by atoms with Crippen molar-refractivity contribution in [3.05, 3.63) is 33.3 Å². The van der Waals surface area contributed by atoms with Crippen LogP contribution in [0.4, 0.5) is 0 Å². The molecule has 4 nitrogen and oxygen atoms in total. The Morgan fingerprint density at radius 1 is 1.48 bits per heavy atom. The number of ether oxygens (including phenoxy) is 1. The van der Waals surface area contributed by atoms with Crippen LogP contribution in [0.3, 0.4) is 0 Å². The van der Waals surface area contributed by atoms with Crippen LogP contribution in [0.25, 0.3) is 0 Å². The molecule has 0 bridgehead atoms. The fourth-order valence-electron chi connectivity index (χ4n) is 2.45. The summed E-state index contributed by atoms with van der Waals surface area (Å²) in [7, 11) is 0. The van der Waals surface area contributed by atoms with E-state index in [4.69, 9.17) is 16.3 Å². The fraction of sp³-hybridized carbons (Fsp3) is 0.467. The molecule has 1 fully saturated rings. The third kappa shape index (κ3) is 3.98. The van der Waals surface area contributed by atoms with Crippen LogP contribution in [-0.4, -0.2) is 36.5 Å². The maximum Gasteiger partial charge on any atom is 0.310 e. The highest BCUT2D eigenvalue weighted by molar-refractivity contribution is 9.10. The van der Waals surface area contributed by atoms with Crippen molar-refractivity contribution in [3.63, 3.8) is 0 Å². The molecule has 1 aromatic rings. The number of likely N-dealkylation sites (tertiary alicyclic amines) is 1. The highest BCUT2D eigenvalue weighted by Crippen LogP contribution is 2.25. The molecule has 0 N–H and O–H groups in total. The normalized spacial score (nSPS) is 18.4. The summed E-state index contributed by atoms with van der Waals surface area (Å²) in [6.07, 6.45) is 1.56. The lowest BCUT2D eigenvalue weighted by Gasteiger charge is -2.31. The molecule has 1 aliphatic rings. The van der Waals surface area contributed by atoms with Crippen LogP contribution in [0.1, 0.15) is 30.1 Å². The summed E-state index contributed by atoms with van der Waals surface area (Å²) < 4.78 is 5.75. The highest BCUT2D eigenvalue weighted by Gasteiger charge is 2.30. The van der Waals surface area contributed by atoms with Gasteiger partial charge in [-0.25, -0.2) is 0 Å². The van der Waals surface area contributed by atoms with Gasteiger partial charge in [-0.1, -0.05) is 11.6 Å². The van der Waals surface area contributed by atoms with Crippen LogP contribution in [0.2, 0.25) is 5.02 Å². The molecular formula is C15H17BrClNO3. The predicted octanol–water partition coefficient (Wildman–Crippen LogP) is 3.52. The molecule has 0 unspecified atom stereocenters. The molecule has 0 aliphatic carbocycles. The number of nitrogens with zero attached hydrogens (tertiary/aromatic N) is 1. The summed E-state index contributed by atoms with van der Waals surface area (Å²) in [5.41, 5.74) is 0.520. The maximum absolute atomic E-state index is 12.6. The number of halogens is 2. The minimum absolute atomic E-state index is 0.113. The van der Waals surface area contributed by atoms with Crippen LogP contribution in [-0.2, 0) is 9.53 Å². The lowest BCUT2D eigenvalue weighted by atomic mass is 9.97. The average molecular weight is 375 g/mol. The Balaban J connectivity index is 2.12.